The summed E-state index contributed by atoms with van der Waals surface area (Å²) < 4.78 is 12.1. The molecule has 0 saturated carbocycles. The molecular formula is C38H34N6O4S2. The Kier molecular flexibility index (Phi) is 9.72. The summed E-state index contributed by atoms with van der Waals surface area (Å²) in [5.74, 6) is 1.32. The van der Waals surface area contributed by atoms with E-state index in [0.29, 0.717) is 66.5 Å². The molecule has 12 heteroatoms. The van der Waals surface area contributed by atoms with Gasteiger partial charge in [-0.2, -0.15) is 0 Å². The number of benzene rings is 4. The van der Waals surface area contributed by atoms with Crippen molar-refractivity contribution >= 4 is 44.8 Å². The number of aromatic nitrogens is 2. The molecule has 0 radical (unpaired) electrons. The van der Waals surface area contributed by atoms with Crippen LogP contribution in [0.25, 0.3) is 22.5 Å². The summed E-state index contributed by atoms with van der Waals surface area (Å²) in [4.78, 5) is 39.0. The third-order valence-corrected chi connectivity index (χ3v) is 9.73. The average Bonchev–Trinajstić information content (AvgIpc) is 3.81. The van der Waals surface area contributed by atoms with E-state index >= 15 is 0 Å². The maximum Gasteiger partial charge on any atom is 0.253 e. The Morgan fingerprint density at radius 1 is 0.640 bits per heavy atom. The Morgan fingerprint density at radius 3 is 1.92 bits per heavy atom. The van der Waals surface area contributed by atoms with Gasteiger partial charge in [0.05, 0.1) is 11.4 Å². The smallest absolute Gasteiger partial charge is 0.253 e. The van der Waals surface area contributed by atoms with Gasteiger partial charge < -0.3 is 30.7 Å². The van der Waals surface area contributed by atoms with Crippen LogP contribution in [0.2, 0.25) is 0 Å². The number of piperazine rings is 1. The largest absolute Gasteiger partial charge is 0.489 e. The van der Waals surface area contributed by atoms with Crippen molar-refractivity contribution in [2.75, 3.05) is 37.6 Å². The topological polar surface area (TPSA) is 137 Å². The second-order valence-corrected chi connectivity index (χ2v) is 13.5. The van der Waals surface area contributed by atoms with Crippen LogP contribution in [-0.2, 0) is 13.2 Å². The molecule has 7 rings (SSSR count). The second kappa shape index (κ2) is 14.8. The Morgan fingerprint density at radius 2 is 1.26 bits per heavy atom. The molecule has 10 nitrogen and oxygen atoms in total. The first-order valence-electron chi connectivity index (χ1n) is 16.0. The van der Waals surface area contributed by atoms with Crippen molar-refractivity contribution in [3.05, 3.63) is 130 Å². The zero-order valence-corrected chi connectivity index (χ0v) is 28.7. The van der Waals surface area contributed by atoms with Crippen molar-refractivity contribution in [3.8, 4) is 34.0 Å². The number of rotatable bonds is 10. The highest BCUT2D eigenvalue weighted by molar-refractivity contribution is 7.14. The van der Waals surface area contributed by atoms with Gasteiger partial charge in [0.1, 0.15) is 24.7 Å². The number of thiazole rings is 2. The van der Waals surface area contributed by atoms with E-state index in [2.05, 4.69) is 9.97 Å². The summed E-state index contributed by atoms with van der Waals surface area (Å²) in [6.07, 6.45) is 0. The Hall–Kier alpha value is -5.72. The van der Waals surface area contributed by atoms with Gasteiger partial charge in [-0.3, -0.25) is 9.59 Å². The van der Waals surface area contributed by atoms with Gasteiger partial charge in [0.15, 0.2) is 10.3 Å². The van der Waals surface area contributed by atoms with Crippen molar-refractivity contribution in [3.63, 3.8) is 0 Å². The van der Waals surface area contributed by atoms with E-state index in [9.17, 15) is 9.59 Å². The predicted molar refractivity (Wildman–Crippen MR) is 197 cm³/mol. The van der Waals surface area contributed by atoms with E-state index in [4.69, 9.17) is 20.9 Å². The van der Waals surface area contributed by atoms with Crippen LogP contribution in [-0.4, -0.2) is 57.8 Å². The molecule has 4 aromatic carbocycles. The Balaban J connectivity index is 0.892. The lowest BCUT2D eigenvalue weighted by atomic mass is 10.1. The first kappa shape index (κ1) is 32.8. The number of carbonyl (C=O) groups is 2. The SMILES string of the molecule is Nc1nc(-c2ccc(OCc3cccc(C(=O)N4CCN(C(=O)c5ccc(COc6ccccc6-c6csc(N)n6)cc5)CC4)c3)cc2)cs1. The number of nitrogen functional groups attached to an aromatic ring is 2. The number of amides is 2. The van der Waals surface area contributed by atoms with E-state index < -0.39 is 0 Å². The number of nitrogens with two attached hydrogens (primary N) is 2. The highest BCUT2D eigenvalue weighted by Gasteiger charge is 2.26. The van der Waals surface area contributed by atoms with Gasteiger partial charge in [-0.1, -0.05) is 36.4 Å². The molecule has 0 aliphatic carbocycles. The quantitative estimate of drug-likeness (QED) is 0.158. The molecule has 50 heavy (non-hydrogen) atoms. The van der Waals surface area contributed by atoms with Gasteiger partial charge in [0, 0.05) is 59.2 Å². The molecule has 0 bridgehead atoms. The first-order valence-corrected chi connectivity index (χ1v) is 17.8. The van der Waals surface area contributed by atoms with Crippen LogP contribution in [0.1, 0.15) is 31.8 Å². The highest BCUT2D eigenvalue weighted by atomic mass is 32.1. The fourth-order valence-electron chi connectivity index (χ4n) is 5.70. The van der Waals surface area contributed by atoms with Crippen LogP contribution < -0.4 is 20.9 Å². The fraction of sp³-hybridized carbons (Fsp3) is 0.158. The average molecular weight is 703 g/mol. The molecule has 252 valence electrons. The van der Waals surface area contributed by atoms with Gasteiger partial charge in [-0.25, -0.2) is 9.97 Å². The summed E-state index contributed by atoms with van der Waals surface area (Å²) >= 11 is 2.80. The van der Waals surface area contributed by atoms with Crippen molar-refractivity contribution in [1.82, 2.24) is 19.8 Å². The van der Waals surface area contributed by atoms with Crippen LogP contribution in [0, 0.1) is 0 Å². The zero-order chi connectivity index (χ0) is 34.5. The van der Waals surface area contributed by atoms with E-state index in [1.165, 1.54) is 22.7 Å². The number of anilines is 2. The van der Waals surface area contributed by atoms with Crippen molar-refractivity contribution in [2.24, 2.45) is 0 Å². The first-order chi connectivity index (χ1) is 24.4. The summed E-state index contributed by atoms with van der Waals surface area (Å²) in [7, 11) is 0. The monoisotopic (exact) mass is 702 g/mol. The maximum atomic E-state index is 13.4. The van der Waals surface area contributed by atoms with E-state index in [1.54, 1.807) is 9.80 Å². The zero-order valence-electron chi connectivity index (χ0n) is 27.0. The maximum absolute atomic E-state index is 13.4. The fourth-order valence-corrected chi connectivity index (χ4v) is 6.84. The summed E-state index contributed by atoms with van der Waals surface area (Å²) in [6.45, 7) is 2.50. The number of carbonyl (C=O) groups excluding carboxylic acids is 2. The van der Waals surface area contributed by atoms with Crippen LogP contribution in [0.5, 0.6) is 11.5 Å². The number of para-hydroxylation sites is 1. The van der Waals surface area contributed by atoms with Gasteiger partial charge in [-0.15, -0.1) is 22.7 Å². The molecular weight excluding hydrogens is 669 g/mol. The molecule has 4 N–H and O–H groups in total. The molecule has 6 aromatic rings. The van der Waals surface area contributed by atoms with E-state index in [1.807, 2.05) is 108 Å². The van der Waals surface area contributed by atoms with Crippen LogP contribution in [0.3, 0.4) is 0 Å². The lowest BCUT2D eigenvalue weighted by molar-refractivity contribution is 0.0535. The van der Waals surface area contributed by atoms with Crippen molar-refractivity contribution in [2.45, 2.75) is 13.2 Å². The molecule has 1 aliphatic rings. The highest BCUT2D eigenvalue weighted by Crippen LogP contribution is 2.32. The molecule has 1 saturated heterocycles. The van der Waals surface area contributed by atoms with Crippen LogP contribution in [0.4, 0.5) is 10.3 Å². The minimum atomic E-state index is -0.0602. The lowest BCUT2D eigenvalue weighted by Gasteiger charge is -2.35. The Labute approximate surface area is 297 Å². The lowest BCUT2D eigenvalue weighted by Crippen LogP contribution is -2.50. The molecule has 3 heterocycles. The predicted octanol–water partition coefficient (Wildman–Crippen LogP) is 6.85. The summed E-state index contributed by atoms with van der Waals surface area (Å²) in [6, 6.07) is 30.3. The summed E-state index contributed by atoms with van der Waals surface area (Å²) in [5.41, 5.74) is 18.1. The van der Waals surface area contributed by atoms with Crippen LogP contribution in [0.15, 0.2) is 108 Å². The molecule has 0 atom stereocenters. The number of hydrogen-bond acceptors (Lipinski definition) is 10. The standard InChI is InChI=1S/C38H34N6O4S2/c39-37-41-32(23-49-37)27-12-14-30(15-13-27)47-22-26-4-3-5-29(20-26)36(46)44-18-16-43(17-19-44)35(45)28-10-8-25(9-11-28)21-48-34-7-2-1-6-31(34)33-24-50-38(40)42-33/h1-15,20,23-24H,16-19,21-22H2,(H2,39,41)(H2,40,42). The number of ether oxygens (including phenoxy) is 2. The van der Waals surface area contributed by atoms with Gasteiger partial charge in [-0.05, 0) is 71.8 Å². The van der Waals surface area contributed by atoms with Gasteiger partial charge >= 0.3 is 0 Å². The van der Waals surface area contributed by atoms with Crippen molar-refractivity contribution < 1.29 is 19.1 Å². The minimum absolute atomic E-state index is 0.0565. The third-order valence-electron chi connectivity index (χ3n) is 8.39. The molecule has 1 aliphatic heterocycles. The van der Waals surface area contributed by atoms with Crippen molar-refractivity contribution in [1.29, 1.82) is 0 Å². The number of hydrogen-bond donors (Lipinski definition) is 2. The van der Waals surface area contributed by atoms with Gasteiger partial charge in [0.25, 0.3) is 11.8 Å². The second-order valence-electron chi connectivity index (χ2n) is 11.7. The molecule has 2 amide bonds. The minimum Gasteiger partial charge on any atom is -0.489 e. The summed E-state index contributed by atoms with van der Waals surface area (Å²) in [5, 5.41) is 4.88. The molecule has 1 fully saturated rings. The van der Waals surface area contributed by atoms with Crippen LogP contribution >= 0.6 is 22.7 Å². The van der Waals surface area contributed by atoms with E-state index in [0.717, 1.165) is 39.4 Å². The van der Waals surface area contributed by atoms with E-state index in [-0.39, 0.29) is 11.8 Å². The Bertz CT molecular complexity index is 2100. The molecule has 0 spiro atoms. The molecule has 2 aromatic heterocycles. The van der Waals surface area contributed by atoms with Gasteiger partial charge in [0.2, 0.25) is 0 Å². The number of nitrogens with zero attached hydrogens (tertiary/aromatic N) is 4. The third kappa shape index (κ3) is 7.61. The molecule has 0 unspecified atom stereocenters. The normalized spacial score (nSPS) is 12.9.